The maximum absolute atomic E-state index is 4.99. The lowest BCUT2D eigenvalue weighted by molar-refractivity contribution is 0.661. The highest BCUT2D eigenvalue weighted by atomic mass is 15.0. The molecule has 4 nitrogen and oxygen atoms in total. The fraction of sp³-hybridized carbons (Fsp3) is 0.100. The van der Waals surface area contributed by atoms with E-state index in [0.717, 1.165) is 27.9 Å². The van der Waals surface area contributed by atoms with Gasteiger partial charge in [-0.2, -0.15) is 0 Å². The van der Waals surface area contributed by atoms with Crippen LogP contribution in [0.15, 0.2) is 158 Å². The largest absolute Gasteiger partial charge is 0.309 e. The molecule has 0 spiro atoms. The first kappa shape index (κ1) is 32.0. The van der Waals surface area contributed by atoms with Gasteiger partial charge in [-0.05, 0) is 94.8 Å². The minimum Gasteiger partial charge on any atom is -0.309 e. The van der Waals surface area contributed by atoms with E-state index in [2.05, 4.69) is 129 Å². The minimum absolute atomic E-state index is 0.0580. The van der Waals surface area contributed by atoms with Crippen molar-refractivity contribution >= 4 is 21.8 Å². The average molecular weight is 695 g/mol. The number of nitrogens with zero attached hydrogens (tertiary/aromatic N) is 4. The van der Waals surface area contributed by atoms with E-state index in [4.69, 9.17) is 15.0 Å². The third kappa shape index (κ3) is 5.02. The number of rotatable bonds is 5. The average Bonchev–Trinajstić information content (AvgIpc) is 3.65. The molecule has 0 amide bonds. The molecule has 1 aliphatic carbocycles. The van der Waals surface area contributed by atoms with Crippen molar-refractivity contribution in [3.63, 3.8) is 0 Å². The zero-order valence-corrected chi connectivity index (χ0v) is 30.8. The number of aromatic nitrogens is 4. The Labute approximate surface area is 315 Å². The zero-order valence-electron chi connectivity index (χ0n) is 30.8. The van der Waals surface area contributed by atoms with E-state index >= 15 is 0 Å². The molecule has 54 heavy (non-hydrogen) atoms. The van der Waals surface area contributed by atoms with Crippen molar-refractivity contribution in [1.29, 1.82) is 0 Å². The molecule has 9 aromatic rings. The van der Waals surface area contributed by atoms with Crippen molar-refractivity contribution in [2.24, 2.45) is 0 Å². The van der Waals surface area contributed by atoms with Crippen LogP contribution in [0.4, 0.5) is 0 Å². The van der Waals surface area contributed by atoms with Crippen molar-refractivity contribution < 1.29 is 0 Å². The van der Waals surface area contributed by atoms with Crippen LogP contribution >= 0.6 is 0 Å². The molecule has 0 N–H and O–H groups in total. The van der Waals surface area contributed by atoms with Crippen LogP contribution in [0.2, 0.25) is 0 Å². The maximum atomic E-state index is 4.99. The van der Waals surface area contributed by atoms with Crippen molar-refractivity contribution in [3.05, 3.63) is 180 Å². The molecule has 0 unspecified atom stereocenters. The molecule has 0 radical (unpaired) electrons. The molecule has 0 saturated heterocycles. The molecule has 0 atom stereocenters. The van der Waals surface area contributed by atoms with E-state index in [9.17, 15) is 0 Å². The highest BCUT2D eigenvalue weighted by Crippen LogP contribution is 2.51. The number of para-hydroxylation sites is 1. The predicted molar refractivity (Wildman–Crippen MR) is 223 cm³/mol. The van der Waals surface area contributed by atoms with Crippen molar-refractivity contribution in [2.45, 2.75) is 33.1 Å². The van der Waals surface area contributed by atoms with E-state index in [-0.39, 0.29) is 5.41 Å². The molecule has 7 aromatic carbocycles. The first-order valence-electron chi connectivity index (χ1n) is 18.6. The minimum atomic E-state index is -0.0580. The van der Waals surface area contributed by atoms with E-state index in [0.29, 0.717) is 17.5 Å². The summed E-state index contributed by atoms with van der Waals surface area (Å²) < 4.78 is 2.45. The Morgan fingerprint density at radius 1 is 0.407 bits per heavy atom. The lowest BCUT2D eigenvalue weighted by atomic mass is 9.82. The van der Waals surface area contributed by atoms with Gasteiger partial charge in [-0.25, -0.2) is 15.0 Å². The standard InChI is InChI=1S/C50H38N4/c1-31-23-25-36(54-45-22-14-12-20-39(45)42-29-44-41(30-46(42)54)38-19-11-13-21-43(38)50(44,3)4)28-40(31)37-26-24-35(27-32(37)2)49-52-47(33-15-7-5-8-16-33)51-48(53-49)34-17-9-6-10-18-34/h5-30H,1-4H3. The van der Waals surface area contributed by atoms with Gasteiger partial charge >= 0.3 is 0 Å². The van der Waals surface area contributed by atoms with Gasteiger partial charge in [0.25, 0.3) is 0 Å². The van der Waals surface area contributed by atoms with Crippen LogP contribution in [-0.4, -0.2) is 19.5 Å². The fourth-order valence-corrected chi connectivity index (χ4v) is 8.52. The number of hydrogen-bond acceptors (Lipinski definition) is 3. The third-order valence-electron chi connectivity index (χ3n) is 11.3. The maximum Gasteiger partial charge on any atom is 0.164 e. The first-order chi connectivity index (χ1) is 26.3. The Morgan fingerprint density at radius 2 is 1.04 bits per heavy atom. The van der Waals surface area contributed by atoms with E-state index in [1.54, 1.807) is 0 Å². The summed E-state index contributed by atoms with van der Waals surface area (Å²) in [4.78, 5) is 14.9. The molecule has 0 aliphatic heterocycles. The second-order valence-corrected chi connectivity index (χ2v) is 15.0. The summed E-state index contributed by atoms with van der Waals surface area (Å²) in [7, 11) is 0. The SMILES string of the molecule is Cc1cc(-c2nc(-c3ccccc3)nc(-c3ccccc3)n2)ccc1-c1cc(-n2c3ccccc3c3cc4c(cc32)-c2ccccc2C4(C)C)ccc1C. The van der Waals surface area contributed by atoms with Gasteiger partial charge in [-0.3, -0.25) is 0 Å². The summed E-state index contributed by atoms with van der Waals surface area (Å²) in [5.41, 5.74) is 16.6. The second-order valence-electron chi connectivity index (χ2n) is 15.0. The van der Waals surface area contributed by atoms with E-state index in [1.807, 2.05) is 60.7 Å². The number of hydrogen-bond donors (Lipinski definition) is 0. The van der Waals surface area contributed by atoms with Crippen LogP contribution in [0.25, 0.3) is 83.9 Å². The first-order valence-corrected chi connectivity index (χ1v) is 18.6. The molecule has 0 fully saturated rings. The lowest BCUT2D eigenvalue weighted by Crippen LogP contribution is -2.14. The normalized spacial score (nSPS) is 13.0. The summed E-state index contributed by atoms with van der Waals surface area (Å²) in [6.07, 6.45) is 0. The molecule has 0 bridgehead atoms. The smallest absolute Gasteiger partial charge is 0.164 e. The predicted octanol–water partition coefficient (Wildman–Crippen LogP) is 12.6. The Morgan fingerprint density at radius 3 is 1.74 bits per heavy atom. The summed E-state index contributed by atoms with van der Waals surface area (Å²) >= 11 is 0. The molecule has 1 aliphatic rings. The number of fused-ring (bicyclic) bond motifs is 6. The second kappa shape index (κ2) is 12.2. The van der Waals surface area contributed by atoms with Gasteiger partial charge < -0.3 is 4.57 Å². The van der Waals surface area contributed by atoms with Crippen LogP contribution in [0.5, 0.6) is 0 Å². The highest BCUT2D eigenvalue weighted by Gasteiger charge is 2.36. The van der Waals surface area contributed by atoms with E-state index < -0.39 is 0 Å². The topological polar surface area (TPSA) is 43.6 Å². The van der Waals surface area contributed by atoms with Crippen molar-refractivity contribution in [3.8, 4) is 62.1 Å². The van der Waals surface area contributed by atoms with Crippen LogP contribution in [0.3, 0.4) is 0 Å². The molecule has 0 saturated carbocycles. The Bertz CT molecular complexity index is 2860. The Balaban J connectivity index is 1.11. The third-order valence-corrected chi connectivity index (χ3v) is 11.3. The van der Waals surface area contributed by atoms with Gasteiger partial charge in [0.2, 0.25) is 0 Å². The quantitative estimate of drug-likeness (QED) is 0.180. The van der Waals surface area contributed by atoms with Gasteiger partial charge in [-0.1, -0.05) is 135 Å². The van der Waals surface area contributed by atoms with E-state index in [1.165, 1.54) is 60.8 Å². The van der Waals surface area contributed by atoms with Gasteiger partial charge in [-0.15, -0.1) is 0 Å². The van der Waals surface area contributed by atoms with Gasteiger partial charge in [0.15, 0.2) is 17.5 Å². The summed E-state index contributed by atoms with van der Waals surface area (Å²) in [6.45, 7) is 9.10. The fourth-order valence-electron chi connectivity index (χ4n) is 8.52. The molecule has 4 heteroatoms. The van der Waals surface area contributed by atoms with Gasteiger partial charge in [0.1, 0.15) is 0 Å². The highest BCUT2D eigenvalue weighted by molar-refractivity contribution is 6.11. The van der Waals surface area contributed by atoms with Crippen molar-refractivity contribution in [2.75, 3.05) is 0 Å². The Hall–Kier alpha value is -6.65. The Kier molecular flexibility index (Phi) is 7.24. The monoisotopic (exact) mass is 694 g/mol. The van der Waals surface area contributed by atoms with Gasteiger partial charge in [0, 0.05) is 38.6 Å². The molecular weight excluding hydrogens is 657 g/mol. The van der Waals surface area contributed by atoms with Crippen LogP contribution in [0.1, 0.15) is 36.1 Å². The molecule has 2 aromatic heterocycles. The van der Waals surface area contributed by atoms with Crippen LogP contribution in [0, 0.1) is 13.8 Å². The van der Waals surface area contributed by atoms with Crippen LogP contribution < -0.4 is 0 Å². The molecule has 2 heterocycles. The number of aryl methyl sites for hydroxylation is 2. The lowest BCUT2D eigenvalue weighted by Gasteiger charge is -2.21. The van der Waals surface area contributed by atoms with Crippen molar-refractivity contribution in [1.82, 2.24) is 19.5 Å². The van der Waals surface area contributed by atoms with Gasteiger partial charge in [0.05, 0.1) is 11.0 Å². The summed E-state index contributed by atoms with van der Waals surface area (Å²) in [5, 5.41) is 2.56. The van der Waals surface area contributed by atoms with Crippen LogP contribution in [-0.2, 0) is 5.41 Å². The zero-order chi connectivity index (χ0) is 36.6. The number of benzene rings is 7. The molecular formula is C50H38N4. The summed E-state index contributed by atoms with van der Waals surface area (Å²) in [5.74, 6) is 1.98. The molecule has 10 rings (SSSR count). The molecule has 258 valence electrons. The summed E-state index contributed by atoms with van der Waals surface area (Å²) in [6, 6.07) is 56.3.